The van der Waals surface area contributed by atoms with Gasteiger partial charge < -0.3 is 20.1 Å². The fourth-order valence-electron chi connectivity index (χ4n) is 2.61. The van der Waals surface area contributed by atoms with E-state index in [4.69, 9.17) is 9.84 Å². The second-order valence-electron chi connectivity index (χ2n) is 5.82. The van der Waals surface area contributed by atoms with Gasteiger partial charge in [0, 0.05) is 17.7 Å². The summed E-state index contributed by atoms with van der Waals surface area (Å²) in [5, 5.41) is 29.0. The minimum absolute atomic E-state index is 0.0401. The second-order valence-corrected chi connectivity index (χ2v) is 5.82. The Balaban J connectivity index is 2.63. The highest BCUT2D eigenvalue weighted by Crippen LogP contribution is 2.30. The van der Waals surface area contributed by atoms with Crippen LogP contribution >= 0.6 is 0 Å². The van der Waals surface area contributed by atoms with Crippen LogP contribution in [0.15, 0.2) is 47.1 Å². The Kier molecular flexibility index (Phi) is 6.17. The first-order valence-corrected chi connectivity index (χ1v) is 8.02. The Hall–Kier alpha value is -3.08. The van der Waals surface area contributed by atoms with Crippen LogP contribution in [0.3, 0.4) is 0 Å². The molecule has 0 radical (unpaired) electrons. The Morgan fingerprint density at radius 2 is 2.00 bits per heavy atom. The normalized spacial score (nSPS) is 13.7. The Morgan fingerprint density at radius 1 is 1.27 bits per heavy atom. The number of ketones is 1. The van der Waals surface area contributed by atoms with Crippen molar-refractivity contribution in [3.8, 4) is 5.75 Å². The van der Waals surface area contributed by atoms with Crippen molar-refractivity contribution in [1.29, 1.82) is 0 Å². The molecule has 1 aliphatic carbocycles. The van der Waals surface area contributed by atoms with Gasteiger partial charge in [-0.1, -0.05) is 6.07 Å². The monoisotopic (exact) mass is 356 g/mol. The highest BCUT2D eigenvalue weighted by atomic mass is 16.5. The van der Waals surface area contributed by atoms with Crippen LogP contribution in [0.4, 0.5) is 0 Å². The number of hydrogen-bond acceptors (Lipinski definition) is 6. The van der Waals surface area contributed by atoms with Gasteiger partial charge in [0.2, 0.25) is 0 Å². The van der Waals surface area contributed by atoms with Crippen LogP contribution in [-0.2, 0) is 20.7 Å². The molecule has 0 aromatic heterocycles. The number of aryl methyl sites for hydroxylation is 2. The minimum atomic E-state index is -0.657. The van der Waals surface area contributed by atoms with E-state index in [-0.39, 0.29) is 34.8 Å². The van der Waals surface area contributed by atoms with Gasteiger partial charge in [0.15, 0.2) is 17.8 Å². The summed E-state index contributed by atoms with van der Waals surface area (Å²) in [7, 11) is 1.30. The van der Waals surface area contributed by atoms with Crippen molar-refractivity contribution in [2.75, 3.05) is 13.7 Å². The summed E-state index contributed by atoms with van der Waals surface area (Å²) in [5.41, 5.74) is 4.87. The molecular formula is C20H20O6. The number of aliphatic hydroxyl groups excluding tert-OH is 2. The van der Waals surface area contributed by atoms with E-state index in [1.807, 2.05) is 0 Å². The van der Waals surface area contributed by atoms with E-state index in [0.717, 1.165) is 5.56 Å². The molecule has 0 saturated heterocycles. The maximum absolute atomic E-state index is 11.7. The smallest absolute Gasteiger partial charge is 0.261 e. The topological polar surface area (TPSA) is 104 Å². The first kappa shape index (κ1) is 19.2. The zero-order valence-electron chi connectivity index (χ0n) is 14.6. The first-order chi connectivity index (χ1) is 12.4. The van der Waals surface area contributed by atoms with E-state index in [0.29, 0.717) is 24.7 Å². The number of hydrogen-bond donors (Lipinski definition) is 3. The Morgan fingerprint density at radius 3 is 2.62 bits per heavy atom. The lowest BCUT2D eigenvalue weighted by atomic mass is 9.96. The van der Waals surface area contributed by atoms with Crippen LogP contribution in [0.5, 0.6) is 5.75 Å². The third-order valence-corrected chi connectivity index (χ3v) is 3.93. The molecule has 3 N–H and O–H groups in total. The number of aldehydes is 1. The highest BCUT2D eigenvalue weighted by molar-refractivity contribution is 6.09. The molecule has 0 bridgehead atoms. The van der Waals surface area contributed by atoms with Gasteiger partial charge in [-0.25, -0.2) is 0 Å². The van der Waals surface area contributed by atoms with Crippen LogP contribution in [0.25, 0.3) is 5.57 Å². The predicted octanol–water partition coefficient (Wildman–Crippen LogP) is 2.29. The van der Waals surface area contributed by atoms with Gasteiger partial charge in [-0.05, 0) is 49.1 Å². The molecular weight excluding hydrogens is 336 g/mol. The molecule has 0 fully saturated rings. The largest absolute Gasteiger partial charge is 0.507 e. The van der Waals surface area contributed by atoms with E-state index < -0.39 is 11.5 Å². The molecule has 0 saturated carbocycles. The van der Waals surface area contributed by atoms with Gasteiger partial charge in [0.1, 0.15) is 5.75 Å². The van der Waals surface area contributed by atoms with Crippen LogP contribution in [0, 0.1) is 6.92 Å². The highest BCUT2D eigenvalue weighted by Gasteiger charge is 2.20. The maximum Gasteiger partial charge on any atom is 0.261 e. The number of ether oxygens (including phenoxy) is 1. The fourth-order valence-corrected chi connectivity index (χ4v) is 2.61. The van der Waals surface area contributed by atoms with Crippen molar-refractivity contribution in [2.24, 2.45) is 0 Å². The first-order valence-electron chi connectivity index (χ1n) is 8.02. The molecule has 0 unspecified atom stereocenters. The summed E-state index contributed by atoms with van der Waals surface area (Å²) in [6.45, 7) is 1.75. The number of allylic oxidation sites excluding steroid dienone is 3. The van der Waals surface area contributed by atoms with Gasteiger partial charge in [0.25, 0.3) is 5.78 Å². The third-order valence-electron chi connectivity index (χ3n) is 3.93. The van der Waals surface area contributed by atoms with Gasteiger partial charge in [-0.15, -0.1) is 5.73 Å². The Bertz CT molecular complexity index is 867. The van der Waals surface area contributed by atoms with E-state index >= 15 is 0 Å². The molecule has 136 valence electrons. The molecule has 0 atom stereocenters. The molecule has 6 heteroatoms. The van der Waals surface area contributed by atoms with Crippen molar-refractivity contribution in [2.45, 2.75) is 19.8 Å². The van der Waals surface area contributed by atoms with E-state index in [1.165, 1.54) is 19.3 Å². The average Bonchev–Trinajstić information content (AvgIpc) is 2.63. The number of aliphatic hydroxyl groups is 2. The van der Waals surface area contributed by atoms with Crippen LogP contribution in [0.2, 0.25) is 0 Å². The lowest BCUT2D eigenvalue weighted by molar-refractivity contribution is -0.117. The number of benzene rings is 1. The SMILES string of the molecule is COC1=CC(=C=C(C=O)c2cc(CCCO)cc(C)c2O)C=C(O)C1=O. The van der Waals surface area contributed by atoms with Crippen molar-refractivity contribution in [3.63, 3.8) is 0 Å². The number of Topliss-reactive ketones (excluding diaryl/α,β-unsaturated/α-hetero) is 1. The van der Waals surface area contributed by atoms with Gasteiger partial charge in [0.05, 0.1) is 12.7 Å². The third kappa shape index (κ3) is 4.11. The standard InChI is InChI=1S/C20H20O6/c1-12-6-13(4-3-5-21)8-16(19(12)24)15(11-22)7-14-9-17(23)20(25)18(10-14)26-2/h6,8-11,21,23-24H,3-5H2,1-2H3. The maximum atomic E-state index is 11.7. The molecule has 6 nitrogen and oxygen atoms in total. The number of aromatic hydroxyl groups is 1. The molecule has 1 aliphatic rings. The molecule has 0 spiro atoms. The zero-order chi connectivity index (χ0) is 19.3. The predicted molar refractivity (Wildman–Crippen MR) is 95.6 cm³/mol. The summed E-state index contributed by atoms with van der Waals surface area (Å²) in [4.78, 5) is 23.3. The van der Waals surface area contributed by atoms with Crippen molar-refractivity contribution < 1.29 is 29.6 Å². The van der Waals surface area contributed by atoms with Crippen LogP contribution < -0.4 is 0 Å². The number of rotatable bonds is 6. The van der Waals surface area contributed by atoms with E-state index in [1.54, 1.807) is 19.1 Å². The molecule has 0 heterocycles. The van der Waals surface area contributed by atoms with Crippen molar-refractivity contribution in [3.05, 3.63) is 63.8 Å². The lowest BCUT2D eigenvalue weighted by Gasteiger charge is -2.11. The van der Waals surface area contributed by atoms with Gasteiger partial charge >= 0.3 is 0 Å². The van der Waals surface area contributed by atoms with Crippen molar-refractivity contribution >= 4 is 17.6 Å². The summed E-state index contributed by atoms with van der Waals surface area (Å²) in [6.07, 6.45) is 4.22. The lowest BCUT2D eigenvalue weighted by Crippen LogP contribution is -2.11. The molecule has 26 heavy (non-hydrogen) atoms. The van der Waals surface area contributed by atoms with E-state index in [9.17, 15) is 19.8 Å². The Labute approximate surface area is 151 Å². The van der Waals surface area contributed by atoms with Crippen LogP contribution in [-0.4, -0.2) is 41.1 Å². The number of phenolic OH excluding ortho intramolecular Hbond substituents is 1. The molecule has 1 aromatic rings. The number of carbonyl (C=O) groups is 2. The molecule has 0 aliphatic heterocycles. The quantitative estimate of drug-likeness (QED) is 0.410. The van der Waals surface area contributed by atoms with Gasteiger partial charge in [-0.3, -0.25) is 9.59 Å². The second kappa shape index (κ2) is 8.34. The summed E-state index contributed by atoms with van der Waals surface area (Å²) in [5.74, 6) is -1.30. The summed E-state index contributed by atoms with van der Waals surface area (Å²) < 4.78 is 4.91. The van der Waals surface area contributed by atoms with Gasteiger partial charge in [-0.2, -0.15) is 0 Å². The number of phenols is 1. The minimum Gasteiger partial charge on any atom is -0.507 e. The molecule has 0 amide bonds. The summed E-state index contributed by atoms with van der Waals surface area (Å²) >= 11 is 0. The number of methoxy groups -OCH3 is 1. The summed E-state index contributed by atoms with van der Waals surface area (Å²) in [6, 6.07) is 3.45. The zero-order valence-corrected chi connectivity index (χ0v) is 14.6. The molecule has 1 aromatic carbocycles. The number of carbonyl (C=O) groups excluding carboxylic acids is 2. The molecule has 2 rings (SSSR count). The average molecular weight is 356 g/mol. The van der Waals surface area contributed by atoms with Crippen molar-refractivity contribution in [1.82, 2.24) is 0 Å². The van der Waals surface area contributed by atoms with E-state index in [2.05, 4.69) is 5.73 Å². The van der Waals surface area contributed by atoms with Crippen LogP contribution in [0.1, 0.15) is 23.1 Å². The fraction of sp³-hybridized carbons (Fsp3) is 0.250.